The summed E-state index contributed by atoms with van der Waals surface area (Å²) < 4.78 is 18.9. The van der Waals surface area contributed by atoms with Gasteiger partial charge in [0, 0.05) is 42.2 Å². The highest BCUT2D eigenvalue weighted by molar-refractivity contribution is 6.01. The summed E-state index contributed by atoms with van der Waals surface area (Å²) in [6, 6.07) is 15.0. The van der Waals surface area contributed by atoms with Gasteiger partial charge in [0.1, 0.15) is 5.82 Å². The van der Waals surface area contributed by atoms with Crippen molar-refractivity contribution in [2.45, 2.75) is 18.9 Å². The van der Waals surface area contributed by atoms with Gasteiger partial charge in [-0.15, -0.1) is 0 Å². The second-order valence-electron chi connectivity index (χ2n) is 7.61. The summed E-state index contributed by atoms with van der Waals surface area (Å²) in [5.74, 6) is -0.972. The van der Waals surface area contributed by atoms with Crippen molar-refractivity contribution in [2.75, 3.05) is 5.32 Å². The van der Waals surface area contributed by atoms with Crippen LogP contribution in [0.2, 0.25) is 0 Å². The molecule has 0 bridgehead atoms. The van der Waals surface area contributed by atoms with Crippen molar-refractivity contribution in [3.63, 3.8) is 0 Å². The zero-order valence-corrected chi connectivity index (χ0v) is 17.3. The maximum atomic E-state index is 13.5. The minimum absolute atomic E-state index is 0.00424. The molecule has 0 saturated carbocycles. The maximum absolute atomic E-state index is 13.5. The number of anilines is 1. The van der Waals surface area contributed by atoms with Gasteiger partial charge in [-0.25, -0.2) is 4.39 Å². The number of hydrogen-bond donors (Lipinski definition) is 2. The van der Waals surface area contributed by atoms with Crippen molar-refractivity contribution in [2.24, 2.45) is 0 Å². The fourth-order valence-corrected chi connectivity index (χ4v) is 3.76. The largest absolute Gasteiger partial charge is 0.351 e. The molecule has 1 unspecified atom stereocenters. The Bertz CT molecular complexity index is 1340. The second kappa shape index (κ2) is 8.62. The Morgan fingerprint density at radius 1 is 1.12 bits per heavy atom. The third-order valence-corrected chi connectivity index (χ3v) is 5.38. The Labute approximate surface area is 187 Å². The van der Waals surface area contributed by atoms with E-state index in [0.717, 1.165) is 11.1 Å². The van der Waals surface area contributed by atoms with E-state index in [2.05, 4.69) is 25.8 Å². The van der Waals surface area contributed by atoms with E-state index in [0.29, 0.717) is 28.5 Å². The van der Waals surface area contributed by atoms with E-state index in [1.165, 1.54) is 18.2 Å². The highest BCUT2D eigenvalue weighted by atomic mass is 19.1. The molecule has 2 aromatic carbocycles. The molecule has 1 aliphatic heterocycles. The van der Waals surface area contributed by atoms with Crippen molar-refractivity contribution in [3.8, 4) is 22.8 Å². The van der Waals surface area contributed by atoms with Gasteiger partial charge in [-0.2, -0.15) is 4.98 Å². The fraction of sp³-hybridized carbons (Fsp3) is 0.125. The molecule has 164 valence electrons. The van der Waals surface area contributed by atoms with Crippen LogP contribution >= 0.6 is 0 Å². The smallest absolute Gasteiger partial charge is 0.258 e. The Balaban J connectivity index is 1.30. The monoisotopic (exact) mass is 443 g/mol. The van der Waals surface area contributed by atoms with Crippen LogP contribution in [-0.4, -0.2) is 26.9 Å². The molecule has 1 atom stereocenters. The number of benzene rings is 2. The Kier molecular flexibility index (Phi) is 5.35. The number of rotatable bonds is 5. The third kappa shape index (κ3) is 4.33. The van der Waals surface area contributed by atoms with E-state index < -0.39 is 11.7 Å². The number of nitrogens with zero attached hydrogens (tertiary/aromatic N) is 3. The lowest BCUT2D eigenvalue weighted by Gasteiger charge is -2.25. The Hall–Kier alpha value is -4.40. The minimum atomic E-state index is -0.684. The molecular weight excluding hydrogens is 425 g/mol. The summed E-state index contributed by atoms with van der Waals surface area (Å²) in [6.45, 7) is 0.243. The van der Waals surface area contributed by atoms with Crippen molar-refractivity contribution >= 4 is 17.5 Å². The molecule has 0 fully saturated rings. The van der Waals surface area contributed by atoms with Crippen LogP contribution in [0.25, 0.3) is 22.8 Å². The molecule has 2 amide bonds. The standard InChI is InChI=1S/C24H18FN5O3/c25-17-4-5-18-19(12-21(31)28-20(18)11-17)23(32)27-13-14-2-1-3-16(10-14)24-29-22(30-33-24)15-6-8-26-9-7-15/h1-11,19H,12-13H2,(H,27,32)(H,28,31). The minimum Gasteiger partial charge on any atom is -0.351 e. The topological polar surface area (TPSA) is 110 Å². The van der Waals surface area contributed by atoms with Crippen molar-refractivity contribution in [3.05, 3.63) is 83.9 Å². The van der Waals surface area contributed by atoms with Crippen molar-refractivity contribution < 1.29 is 18.5 Å². The number of nitrogens with one attached hydrogen (secondary N) is 2. The number of carbonyl (C=O) groups is 2. The Morgan fingerprint density at radius 2 is 1.97 bits per heavy atom. The summed E-state index contributed by atoms with van der Waals surface area (Å²) in [6.07, 6.45) is 3.31. The predicted molar refractivity (Wildman–Crippen MR) is 117 cm³/mol. The van der Waals surface area contributed by atoms with Crippen molar-refractivity contribution in [1.82, 2.24) is 20.4 Å². The highest BCUT2D eigenvalue weighted by Gasteiger charge is 2.30. The summed E-state index contributed by atoms with van der Waals surface area (Å²) in [4.78, 5) is 33.3. The van der Waals surface area contributed by atoms with E-state index in [-0.39, 0.29) is 24.8 Å². The molecule has 33 heavy (non-hydrogen) atoms. The molecule has 5 rings (SSSR count). The van der Waals surface area contributed by atoms with Gasteiger partial charge < -0.3 is 15.2 Å². The van der Waals surface area contributed by atoms with E-state index >= 15 is 0 Å². The predicted octanol–water partition coefficient (Wildman–Crippen LogP) is 3.68. The van der Waals surface area contributed by atoms with Crippen LogP contribution in [0.3, 0.4) is 0 Å². The normalized spacial score (nSPS) is 14.9. The summed E-state index contributed by atoms with van der Waals surface area (Å²) in [5.41, 5.74) is 3.25. The van der Waals surface area contributed by atoms with Crippen LogP contribution in [0.15, 0.2) is 71.5 Å². The molecule has 0 saturated heterocycles. The SMILES string of the molecule is O=C1CC(C(=O)NCc2cccc(-c3nc(-c4ccncc4)no3)c2)c2ccc(F)cc2N1. The molecule has 4 aromatic rings. The first-order chi connectivity index (χ1) is 16.1. The zero-order valence-electron chi connectivity index (χ0n) is 17.3. The van der Waals surface area contributed by atoms with Gasteiger partial charge in [-0.05, 0) is 47.5 Å². The molecule has 3 heterocycles. The third-order valence-electron chi connectivity index (χ3n) is 5.38. The average molecular weight is 443 g/mol. The van der Waals surface area contributed by atoms with E-state index in [1.807, 2.05) is 24.3 Å². The van der Waals surface area contributed by atoms with Gasteiger partial charge in [-0.1, -0.05) is 23.4 Å². The number of aromatic nitrogens is 3. The van der Waals surface area contributed by atoms with Gasteiger partial charge in [0.25, 0.3) is 5.89 Å². The first-order valence-corrected chi connectivity index (χ1v) is 10.3. The number of pyridine rings is 1. The lowest BCUT2D eigenvalue weighted by molar-refractivity contribution is -0.126. The van der Waals surface area contributed by atoms with Gasteiger partial charge >= 0.3 is 0 Å². The Morgan fingerprint density at radius 3 is 2.82 bits per heavy atom. The number of fused-ring (bicyclic) bond motifs is 1. The number of halogens is 1. The number of amides is 2. The molecule has 2 N–H and O–H groups in total. The van der Waals surface area contributed by atoms with Crippen LogP contribution in [-0.2, 0) is 16.1 Å². The van der Waals surface area contributed by atoms with Gasteiger partial charge in [0.2, 0.25) is 17.6 Å². The average Bonchev–Trinajstić information content (AvgIpc) is 3.33. The second-order valence-corrected chi connectivity index (χ2v) is 7.61. The van der Waals surface area contributed by atoms with Crippen LogP contribution in [0.1, 0.15) is 23.5 Å². The molecule has 0 spiro atoms. The summed E-state index contributed by atoms with van der Waals surface area (Å²) >= 11 is 0. The zero-order chi connectivity index (χ0) is 22.8. The summed E-state index contributed by atoms with van der Waals surface area (Å²) in [7, 11) is 0. The van der Waals surface area contributed by atoms with Crippen LogP contribution < -0.4 is 10.6 Å². The van der Waals surface area contributed by atoms with Gasteiger partial charge in [-0.3, -0.25) is 14.6 Å². The van der Waals surface area contributed by atoms with Crippen molar-refractivity contribution in [1.29, 1.82) is 0 Å². The van der Waals surface area contributed by atoms with Gasteiger partial charge in [0.15, 0.2) is 0 Å². The molecule has 1 aliphatic rings. The van der Waals surface area contributed by atoms with Crippen LogP contribution in [0, 0.1) is 5.82 Å². The first kappa shape index (κ1) is 20.5. The molecule has 0 aliphatic carbocycles. The van der Waals surface area contributed by atoms with E-state index in [1.54, 1.807) is 24.5 Å². The highest BCUT2D eigenvalue weighted by Crippen LogP contribution is 2.33. The molecule has 0 radical (unpaired) electrons. The molecule has 9 heteroatoms. The molecule has 2 aromatic heterocycles. The van der Waals surface area contributed by atoms with Gasteiger partial charge in [0.05, 0.1) is 5.92 Å². The lowest BCUT2D eigenvalue weighted by Crippen LogP contribution is -2.34. The number of hydrogen-bond acceptors (Lipinski definition) is 6. The molecule has 8 nitrogen and oxygen atoms in total. The lowest BCUT2D eigenvalue weighted by atomic mass is 9.89. The fourth-order valence-electron chi connectivity index (χ4n) is 3.76. The van der Waals surface area contributed by atoms with Crippen LogP contribution in [0.5, 0.6) is 0 Å². The van der Waals surface area contributed by atoms with Crippen LogP contribution in [0.4, 0.5) is 10.1 Å². The summed E-state index contributed by atoms with van der Waals surface area (Å²) in [5, 5.41) is 9.50. The van der Waals surface area contributed by atoms with E-state index in [4.69, 9.17) is 4.52 Å². The molecular formula is C24H18FN5O3. The quantitative estimate of drug-likeness (QED) is 0.487. The van der Waals surface area contributed by atoms with E-state index in [9.17, 15) is 14.0 Å². The first-order valence-electron chi connectivity index (χ1n) is 10.3. The number of carbonyl (C=O) groups excluding carboxylic acids is 2. The maximum Gasteiger partial charge on any atom is 0.258 e.